The van der Waals surface area contributed by atoms with E-state index in [0.29, 0.717) is 22.0 Å². The molecule has 5 rings (SSSR count). The third kappa shape index (κ3) is 4.86. The maximum absolute atomic E-state index is 13.3. The molecule has 1 aliphatic rings. The monoisotopic (exact) mass is 521 g/mol. The molecule has 2 heterocycles. The zero-order chi connectivity index (χ0) is 24.5. The van der Waals surface area contributed by atoms with E-state index in [1.807, 2.05) is 30.5 Å². The first-order valence-electron chi connectivity index (χ1n) is 10.6. The summed E-state index contributed by atoms with van der Waals surface area (Å²) in [5.74, 6) is -1.15. The first-order valence-corrected chi connectivity index (χ1v) is 12.2. The number of fused-ring (bicyclic) bond motifs is 1. The van der Waals surface area contributed by atoms with Crippen LogP contribution in [0.4, 0.5) is 4.39 Å². The van der Waals surface area contributed by atoms with Crippen LogP contribution in [0.1, 0.15) is 21.5 Å². The molecule has 0 saturated carbocycles. The maximum Gasteiger partial charge on any atom is 0.285 e. The third-order valence-corrected chi connectivity index (χ3v) is 7.04. The smallest absolute Gasteiger partial charge is 0.285 e. The summed E-state index contributed by atoms with van der Waals surface area (Å²) in [6, 6.07) is 20.6. The van der Waals surface area contributed by atoms with Crippen molar-refractivity contribution < 1.29 is 14.0 Å². The van der Waals surface area contributed by atoms with Crippen LogP contribution in [-0.4, -0.2) is 25.7 Å². The Bertz CT molecular complexity index is 1500. The summed E-state index contributed by atoms with van der Waals surface area (Å²) in [5, 5.41) is 2.55. The van der Waals surface area contributed by atoms with Crippen LogP contribution >= 0.6 is 35.6 Å². The van der Waals surface area contributed by atoms with Gasteiger partial charge in [0, 0.05) is 39.8 Å². The van der Waals surface area contributed by atoms with Gasteiger partial charge in [0.25, 0.3) is 11.8 Å². The molecule has 4 aromatic rings. The van der Waals surface area contributed by atoms with Gasteiger partial charge in [0.05, 0.1) is 4.91 Å². The highest BCUT2D eigenvalue weighted by Gasteiger charge is 2.34. The molecule has 0 aliphatic carbocycles. The van der Waals surface area contributed by atoms with Crippen LogP contribution < -0.4 is 5.43 Å². The second kappa shape index (κ2) is 9.65. The van der Waals surface area contributed by atoms with Gasteiger partial charge in [-0.3, -0.25) is 15.0 Å². The molecule has 1 aliphatic heterocycles. The minimum Gasteiger partial charge on any atom is -0.342 e. The molecule has 9 heteroatoms. The van der Waals surface area contributed by atoms with Crippen LogP contribution in [-0.2, 0) is 11.3 Å². The molecule has 35 heavy (non-hydrogen) atoms. The van der Waals surface area contributed by atoms with Crippen molar-refractivity contribution >= 4 is 68.7 Å². The van der Waals surface area contributed by atoms with E-state index >= 15 is 0 Å². The zero-order valence-corrected chi connectivity index (χ0v) is 20.5. The molecule has 1 N–H and O–H groups in total. The van der Waals surface area contributed by atoms with Gasteiger partial charge in [-0.1, -0.05) is 53.7 Å². The summed E-state index contributed by atoms with van der Waals surface area (Å²) in [6.07, 6.45) is 3.73. The second-order valence-corrected chi connectivity index (χ2v) is 9.93. The number of carbonyl (C=O) groups excluding carboxylic acids is 2. The van der Waals surface area contributed by atoms with Gasteiger partial charge in [-0.15, -0.1) is 0 Å². The molecule has 2 amide bonds. The number of carbonyl (C=O) groups is 2. The molecule has 5 nitrogen and oxygen atoms in total. The van der Waals surface area contributed by atoms with Gasteiger partial charge in [0.1, 0.15) is 5.82 Å². The number of hydrazine groups is 1. The molecule has 0 bridgehead atoms. The molecule has 1 aromatic heterocycles. The van der Waals surface area contributed by atoms with Crippen LogP contribution in [0, 0.1) is 5.82 Å². The fourth-order valence-corrected chi connectivity index (χ4v) is 5.08. The van der Waals surface area contributed by atoms with Crippen LogP contribution in [0.2, 0.25) is 5.02 Å². The van der Waals surface area contributed by atoms with Crippen molar-refractivity contribution in [3.05, 3.63) is 111 Å². The van der Waals surface area contributed by atoms with E-state index in [1.165, 1.54) is 12.1 Å². The van der Waals surface area contributed by atoms with Crippen LogP contribution in [0.25, 0.3) is 17.0 Å². The number of thiocarbonyl (C=S) groups is 1. The van der Waals surface area contributed by atoms with Gasteiger partial charge in [-0.05, 0) is 66.3 Å². The Kier molecular flexibility index (Phi) is 6.42. The molecular formula is C26H17ClFN3O2S2. The summed E-state index contributed by atoms with van der Waals surface area (Å²) in [4.78, 5) is 26.1. The van der Waals surface area contributed by atoms with Crippen molar-refractivity contribution in [1.82, 2.24) is 15.0 Å². The first-order chi connectivity index (χ1) is 16.9. The summed E-state index contributed by atoms with van der Waals surface area (Å²) in [6.45, 7) is 0.548. The maximum atomic E-state index is 13.3. The predicted molar refractivity (Wildman–Crippen MR) is 141 cm³/mol. The lowest BCUT2D eigenvalue weighted by molar-refractivity contribution is -0.123. The molecule has 3 aromatic carbocycles. The summed E-state index contributed by atoms with van der Waals surface area (Å²) in [5.41, 5.74) is 5.71. The fraction of sp³-hybridized carbons (Fsp3) is 0.0385. The standard InChI is InChI=1S/C26H17ClFN3O2S2/c27-19-9-7-17(8-10-19)24(32)29-31-25(33)23(35-26(31)34)13-18-15-30(22-4-2-1-3-21(18)22)14-16-5-11-20(28)12-6-16/h1-13,15H,14H2,(H,29,32)/b23-13-. The minimum absolute atomic E-state index is 0.235. The van der Waals surface area contributed by atoms with Crippen LogP contribution in [0.3, 0.4) is 0 Å². The number of thioether (sulfide) groups is 1. The molecule has 0 radical (unpaired) electrons. The van der Waals surface area contributed by atoms with Gasteiger partial charge in [-0.2, -0.15) is 5.01 Å². The van der Waals surface area contributed by atoms with Crippen molar-refractivity contribution in [3.8, 4) is 0 Å². The van der Waals surface area contributed by atoms with E-state index < -0.39 is 11.8 Å². The zero-order valence-electron chi connectivity index (χ0n) is 18.1. The topological polar surface area (TPSA) is 54.3 Å². The molecule has 0 atom stereocenters. The minimum atomic E-state index is -0.463. The van der Waals surface area contributed by atoms with Crippen molar-refractivity contribution in [2.45, 2.75) is 6.54 Å². The Hall–Kier alpha value is -3.46. The number of benzene rings is 3. The fourth-order valence-electron chi connectivity index (χ4n) is 3.78. The van der Waals surface area contributed by atoms with E-state index in [1.54, 1.807) is 42.5 Å². The largest absolute Gasteiger partial charge is 0.342 e. The van der Waals surface area contributed by atoms with Gasteiger partial charge in [-0.25, -0.2) is 4.39 Å². The quantitative estimate of drug-likeness (QED) is 0.257. The van der Waals surface area contributed by atoms with E-state index in [4.69, 9.17) is 23.8 Å². The predicted octanol–water partition coefficient (Wildman–Crippen LogP) is 6.03. The number of nitrogens with zero attached hydrogens (tertiary/aromatic N) is 2. The van der Waals surface area contributed by atoms with Gasteiger partial charge < -0.3 is 4.57 Å². The highest BCUT2D eigenvalue weighted by molar-refractivity contribution is 8.26. The molecule has 1 fully saturated rings. The average Bonchev–Trinajstić information content (AvgIpc) is 3.33. The number of rotatable bonds is 5. The lowest BCUT2D eigenvalue weighted by Gasteiger charge is -2.15. The molecular weight excluding hydrogens is 505 g/mol. The highest BCUT2D eigenvalue weighted by Crippen LogP contribution is 2.34. The SMILES string of the molecule is O=C(NN1C(=O)/C(=C/c2cn(Cc3ccc(F)cc3)c3ccccc23)SC1=S)c1ccc(Cl)cc1. The first kappa shape index (κ1) is 23.3. The van der Waals surface area contributed by atoms with E-state index in [-0.39, 0.29) is 10.1 Å². The van der Waals surface area contributed by atoms with Gasteiger partial charge in [0.2, 0.25) is 0 Å². The second-order valence-electron chi connectivity index (χ2n) is 7.82. The number of amides is 2. The average molecular weight is 522 g/mol. The molecule has 1 saturated heterocycles. The number of para-hydroxylation sites is 1. The van der Waals surface area contributed by atoms with Gasteiger partial charge in [0.15, 0.2) is 4.32 Å². The third-order valence-electron chi connectivity index (χ3n) is 5.49. The summed E-state index contributed by atoms with van der Waals surface area (Å²) < 4.78 is 15.6. The van der Waals surface area contributed by atoms with E-state index in [2.05, 4.69) is 9.99 Å². The van der Waals surface area contributed by atoms with E-state index in [0.717, 1.165) is 38.8 Å². The highest BCUT2D eigenvalue weighted by atomic mass is 35.5. The lowest BCUT2D eigenvalue weighted by atomic mass is 10.1. The number of nitrogens with one attached hydrogen (secondary N) is 1. The number of hydrogen-bond acceptors (Lipinski definition) is 4. The number of aromatic nitrogens is 1. The van der Waals surface area contributed by atoms with Crippen molar-refractivity contribution in [3.63, 3.8) is 0 Å². The van der Waals surface area contributed by atoms with Crippen molar-refractivity contribution in [2.75, 3.05) is 0 Å². The Morgan fingerprint density at radius 3 is 2.51 bits per heavy atom. The molecule has 0 unspecified atom stereocenters. The number of halogens is 2. The van der Waals surface area contributed by atoms with Crippen molar-refractivity contribution in [1.29, 1.82) is 0 Å². The Morgan fingerprint density at radius 1 is 1.06 bits per heavy atom. The summed E-state index contributed by atoms with van der Waals surface area (Å²) >= 11 is 12.4. The Labute approximate surface area is 215 Å². The van der Waals surface area contributed by atoms with Crippen molar-refractivity contribution in [2.24, 2.45) is 0 Å². The molecule has 0 spiro atoms. The van der Waals surface area contributed by atoms with Crippen LogP contribution in [0.15, 0.2) is 83.9 Å². The van der Waals surface area contributed by atoms with Crippen LogP contribution in [0.5, 0.6) is 0 Å². The van der Waals surface area contributed by atoms with Gasteiger partial charge >= 0.3 is 0 Å². The summed E-state index contributed by atoms with van der Waals surface area (Å²) in [7, 11) is 0. The Morgan fingerprint density at radius 2 is 1.77 bits per heavy atom. The molecule has 174 valence electrons. The Balaban J connectivity index is 1.41. The number of hydrogen-bond donors (Lipinski definition) is 1. The lowest BCUT2D eigenvalue weighted by Crippen LogP contribution is -2.44. The van der Waals surface area contributed by atoms with E-state index in [9.17, 15) is 14.0 Å². The normalized spacial score (nSPS) is 14.8.